The fourth-order valence-electron chi connectivity index (χ4n) is 2.24. The number of thiazole rings is 1. The second kappa shape index (κ2) is 8.67. The summed E-state index contributed by atoms with van der Waals surface area (Å²) >= 11 is 1.45. The molecule has 9 heteroatoms. The Balaban J connectivity index is 1.96. The summed E-state index contributed by atoms with van der Waals surface area (Å²) < 4.78 is 26.5. The van der Waals surface area contributed by atoms with E-state index in [4.69, 9.17) is 5.11 Å². The van der Waals surface area contributed by atoms with Gasteiger partial charge in [0.05, 0.1) is 17.7 Å². The van der Waals surface area contributed by atoms with Crippen molar-refractivity contribution in [2.75, 3.05) is 6.54 Å². The Labute approximate surface area is 141 Å². The molecule has 0 aliphatic heterocycles. The van der Waals surface area contributed by atoms with E-state index in [-0.39, 0.29) is 18.5 Å². The summed E-state index contributed by atoms with van der Waals surface area (Å²) in [6.45, 7) is 0.594. The van der Waals surface area contributed by atoms with Crippen LogP contribution < -0.4 is 10.6 Å². The average molecular weight is 357 g/mol. The van der Waals surface area contributed by atoms with Crippen LogP contribution in [-0.4, -0.2) is 40.0 Å². The zero-order valence-electron chi connectivity index (χ0n) is 12.6. The SMILES string of the molecule is O=C(O)N[C@@H](Cc1cc(F)cc(F)c1)[C@H](O)CNCc1cncs1. The smallest absolute Gasteiger partial charge is 0.404 e. The average Bonchev–Trinajstić information content (AvgIpc) is 2.98. The van der Waals surface area contributed by atoms with E-state index >= 15 is 0 Å². The van der Waals surface area contributed by atoms with Crippen LogP contribution in [0.25, 0.3) is 0 Å². The first-order chi connectivity index (χ1) is 11.4. The first-order valence-corrected chi connectivity index (χ1v) is 8.02. The Morgan fingerprint density at radius 3 is 2.58 bits per heavy atom. The van der Waals surface area contributed by atoms with E-state index in [1.54, 1.807) is 11.7 Å². The quantitative estimate of drug-likeness (QED) is 0.577. The summed E-state index contributed by atoms with van der Waals surface area (Å²) in [4.78, 5) is 15.8. The summed E-state index contributed by atoms with van der Waals surface area (Å²) in [5.41, 5.74) is 1.94. The van der Waals surface area contributed by atoms with Crippen molar-refractivity contribution in [3.63, 3.8) is 0 Å². The Bertz CT molecular complexity index is 650. The molecule has 1 heterocycles. The molecule has 1 amide bonds. The molecular formula is C15H17F2N3O3S. The van der Waals surface area contributed by atoms with Gasteiger partial charge in [-0.3, -0.25) is 4.98 Å². The van der Waals surface area contributed by atoms with Crippen LogP contribution in [0.1, 0.15) is 10.4 Å². The van der Waals surface area contributed by atoms with Gasteiger partial charge in [0, 0.05) is 30.2 Å². The summed E-state index contributed by atoms with van der Waals surface area (Å²) in [5.74, 6) is -1.51. The zero-order valence-corrected chi connectivity index (χ0v) is 13.4. The van der Waals surface area contributed by atoms with Gasteiger partial charge in [0.1, 0.15) is 11.6 Å². The van der Waals surface area contributed by atoms with Crippen LogP contribution in [0.5, 0.6) is 0 Å². The minimum atomic E-state index is -1.32. The van der Waals surface area contributed by atoms with Crippen LogP contribution in [0.15, 0.2) is 29.9 Å². The first kappa shape index (κ1) is 18.2. The molecular weight excluding hydrogens is 340 g/mol. The molecule has 24 heavy (non-hydrogen) atoms. The number of carboxylic acid groups (broad SMARTS) is 1. The second-order valence-electron chi connectivity index (χ2n) is 5.20. The summed E-state index contributed by atoms with van der Waals surface area (Å²) in [5, 5.41) is 24.3. The topological polar surface area (TPSA) is 94.5 Å². The third kappa shape index (κ3) is 5.84. The van der Waals surface area contributed by atoms with Crippen molar-refractivity contribution in [2.24, 2.45) is 0 Å². The van der Waals surface area contributed by atoms with Gasteiger partial charge in [-0.05, 0) is 24.1 Å². The highest BCUT2D eigenvalue weighted by Crippen LogP contribution is 2.12. The normalized spacial score (nSPS) is 13.5. The lowest BCUT2D eigenvalue weighted by atomic mass is 10.0. The maximum absolute atomic E-state index is 13.2. The molecule has 0 fully saturated rings. The maximum atomic E-state index is 13.2. The fraction of sp³-hybridized carbons (Fsp3) is 0.333. The molecule has 130 valence electrons. The summed E-state index contributed by atoms with van der Waals surface area (Å²) in [6, 6.07) is 2.04. The molecule has 0 radical (unpaired) electrons. The van der Waals surface area contributed by atoms with Gasteiger partial charge in [-0.2, -0.15) is 0 Å². The molecule has 2 atom stereocenters. The highest BCUT2D eigenvalue weighted by Gasteiger charge is 2.22. The highest BCUT2D eigenvalue weighted by atomic mass is 32.1. The van der Waals surface area contributed by atoms with Crippen molar-refractivity contribution >= 4 is 17.4 Å². The minimum Gasteiger partial charge on any atom is -0.465 e. The van der Waals surface area contributed by atoms with Gasteiger partial charge >= 0.3 is 6.09 Å². The molecule has 1 aromatic heterocycles. The van der Waals surface area contributed by atoms with Crippen LogP contribution >= 0.6 is 11.3 Å². The van der Waals surface area contributed by atoms with Crippen LogP contribution in [0, 0.1) is 11.6 Å². The van der Waals surface area contributed by atoms with Gasteiger partial charge in [0.25, 0.3) is 0 Å². The number of benzene rings is 1. The number of hydrogen-bond acceptors (Lipinski definition) is 5. The fourth-order valence-corrected chi connectivity index (χ4v) is 2.80. The maximum Gasteiger partial charge on any atom is 0.404 e. The number of rotatable bonds is 8. The van der Waals surface area contributed by atoms with Gasteiger partial charge in [-0.15, -0.1) is 11.3 Å². The van der Waals surface area contributed by atoms with Crippen LogP contribution in [0.2, 0.25) is 0 Å². The van der Waals surface area contributed by atoms with Gasteiger partial charge < -0.3 is 20.8 Å². The van der Waals surface area contributed by atoms with Crippen molar-refractivity contribution in [1.82, 2.24) is 15.6 Å². The van der Waals surface area contributed by atoms with E-state index in [0.29, 0.717) is 6.54 Å². The third-order valence-corrected chi connectivity index (χ3v) is 4.07. The van der Waals surface area contributed by atoms with E-state index in [1.807, 2.05) is 0 Å². The van der Waals surface area contributed by atoms with Crippen LogP contribution in [-0.2, 0) is 13.0 Å². The zero-order chi connectivity index (χ0) is 17.5. The van der Waals surface area contributed by atoms with Gasteiger partial charge in [0.15, 0.2) is 0 Å². The Kier molecular flexibility index (Phi) is 6.59. The van der Waals surface area contributed by atoms with E-state index in [0.717, 1.165) is 23.1 Å². The summed E-state index contributed by atoms with van der Waals surface area (Å²) in [6.07, 6.45) is -0.740. The van der Waals surface area contributed by atoms with Crippen molar-refractivity contribution in [1.29, 1.82) is 0 Å². The highest BCUT2D eigenvalue weighted by molar-refractivity contribution is 7.09. The van der Waals surface area contributed by atoms with Crippen LogP contribution in [0.3, 0.4) is 0 Å². The minimum absolute atomic E-state index is 0.0373. The molecule has 4 N–H and O–H groups in total. The van der Waals surface area contributed by atoms with Gasteiger partial charge in [0.2, 0.25) is 0 Å². The number of nitrogens with zero attached hydrogens (tertiary/aromatic N) is 1. The Morgan fingerprint density at radius 2 is 2.00 bits per heavy atom. The molecule has 0 aliphatic rings. The molecule has 0 spiro atoms. The molecule has 2 aromatic rings. The van der Waals surface area contributed by atoms with Crippen molar-refractivity contribution in [3.05, 3.63) is 52.0 Å². The van der Waals surface area contributed by atoms with E-state index < -0.39 is 29.9 Å². The molecule has 0 saturated carbocycles. The lowest BCUT2D eigenvalue weighted by molar-refractivity contribution is 0.117. The number of hydrogen-bond donors (Lipinski definition) is 4. The lowest BCUT2D eigenvalue weighted by Crippen LogP contribution is -2.48. The third-order valence-electron chi connectivity index (χ3n) is 3.29. The lowest BCUT2D eigenvalue weighted by Gasteiger charge is -2.23. The van der Waals surface area contributed by atoms with E-state index in [2.05, 4.69) is 15.6 Å². The predicted molar refractivity (Wildman–Crippen MR) is 84.8 cm³/mol. The number of carbonyl (C=O) groups is 1. The standard InChI is InChI=1S/C15H17F2N3O3S/c16-10-1-9(2-11(17)4-10)3-13(20-15(22)23)14(21)7-18-5-12-6-19-8-24-12/h1-2,4,6,8,13-14,18,20-21H,3,5,7H2,(H,22,23)/t13-,14+/m0/s1. The van der Waals surface area contributed by atoms with Gasteiger partial charge in [-0.25, -0.2) is 13.6 Å². The molecule has 0 unspecified atom stereocenters. The molecule has 6 nitrogen and oxygen atoms in total. The molecule has 0 aliphatic carbocycles. The number of aliphatic hydroxyl groups is 1. The largest absolute Gasteiger partial charge is 0.465 e. The monoisotopic (exact) mass is 357 g/mol. The number of aliphatic hydroxyl groups excluding tert-OH is 1. The van der Waals surface area contributed by atoms with Crippen molar-refractivity contribution < 1.29 is 23.8 Å². The number of aromatic nitrogens is 1. The molecule has 2 rings (SSSR count). The molecule has 1 aromatic carbocycles. The van der Waals surface area contributed by atoms with E-state index in [9.17, 15) is 18.7 Å². The molecule has 0 saturated heterocycles. The number of nitrogens with one attached hydrogen (secondary N) is 2. The summed E-state index contributed by atoms with van der Waals surface area (Å²) in [7, 11) is 0. The van der Waals surface area contributed by atoms with Gasteiger partial charge in [-0.1, -0.05) is 0 Å². The predicted octanol–water partition coefficient (Wildman–Crippen LogP) is 1.75. The number of amides is 1. The first-order valence-electron chi connectivity index (χ1n) is 7.14. The van der Waals surface area contributed by atoms with Crippen LogP contribution in [0.4, 0.5) is 13.6 Å². The Hall–Kier alpha value is -2.10. The van der Waals surface area contributed by atoms with Crippen molar-refractivity contribution in [3.8, 4) is 0 Å². The molecule has 0 bridgehead atoms. The second-order valence-corrected chi connectivity index (χ2v) is 6.17. The Morgan fingerprint density at radius 1 is 1.29 bits per heavy atom. The van der Waals surface area contributed by atoms with Crippen molar-refractivity contribution in [2.45, 2.75) is 25.1 Å². The van der Waals surface area contributed by atoms with E-state index in [1.165, 1.54) is 11.3 Å². The number of halogens is 2.